The number of nitrogens with zero attached hydrogens (tertiary/aromatic N) is 6. The normalized spacial score (nSPS) is 16.7. The van der Waals surface area contributed by atoms with Gasteiger partial charge in [0.15, 0.2) is 0 Å². The largest absolute Gasteiger partial charge is 0.498 e. The number of anilines is 2. The Morgan fingerprint density at radius 1 is 1.22 bits per heavy atom. The molecule has 0 amide bonds. The average Bonchev–Trinajstić information content (AvgIpc) is 3.13. The summed E-state index contributed by atoms with van der Waals surface area (Å²) in [5.41, 5.74) is 1.17. The van der Waals surface area contributed by atoms with E-state index in [9.17, 15) is 21.9 Å². The van der Waals surface area contributed by atoms with Gasteiger partial charge in [-0.1, -0.05) is 11.3 Å². The summed E-state index contributed by atoms with van der Waals surface area (Å²) in [7, 11) is 0. The Kier molecular flexibility index (Phi) is 6.01. The molecule has 1 aliphatic rings. The van der Waals surface area contributed by atoms with Crippen LogP contribution in [0.1, 0.15) is 19.3 Å². The van der Waals surface area contributed by atoms with Crippen LogP contribution in [-0.2, 0) is 11.3 Å². The lowest BCUT2D eigenvalue weighted by Gasteiger charge is -2.30. The first kappa shape index (κ1) is 19.6. The maximum absolute atomic E-state index is 13.4. The molecule has 1 fully saturated rings. The Balaban J connectivity index is 2.04. The van der Waals surface area contributed by atoms with E-state index in [0.717, 1.165) is 30.6 Å². The minimum absolute atomic E-state index is 0.157. The number of halogens is 3. The van der Waals surface area contributed by atoms with Crippen molar-refractivity contribution in [3.05, 3.63) is 23.7 Å². The minimum Gasteiger partial charge on any atom is -0.371 e. The molecular weight excluding hydrogens is 405 g/mol. The van der Waals surface area contributed by atoms with Gasteiger partial charge >= 0.3 is 6.30 Å². The van der Waals surface area contributed by atoms with Crippen LogP contribution in [0.4, 0.5) is 35.4 Å². The van der Waals surface area contributed by atoms with E-state index in [2.05, 4.69) is 20.4 Å². The molecule has 2 heterocycles. The SMILES string of the molecule is O=S(O)N(c1cc(N2CCCCC2)ccc1N=Nc1nncs1)C(F)(F)F. The molecule has 1 aromatic carbocycles. The lowest BCUT2D eigenvalue weighted by atomic mass is 10.1. The summed E-state index contributed by atoms with van der Waals surface area (Å²) in [5, 5.41) is 14.9. The molecular formula is C14H15F3N6O2S2. The molecule has 0 saturated carbocycles. The van der Waals surface area contributed by atoms with Crippen molar-refractivity contribution in [2.45, 2.75) is 25.6 Å². The van der Waals surface area contributed by atoms with Gasteiger partial charge in [0.25, 0.3) is 16.4 Å². The van der Waals surface area contributed by atoms with Crippen LogP contribution in [0.2, 0.25) is 0 Å². The van der Waals surface area contributed by atoms with E-state index in [1.165, 1.54) is 17.6 Å². The van der Waals surface area contributed by atoms with E-state index in [-0.39, 0.29) is 10.8 Å². The van der Waals surface area contributed by atoms with Crippen LogP contribution in [0.3, 0.4) is 0 Å². The van der Waals surface area contributed by atoms with Gasteiger partial charge in [-0.2, -0.15) is 4.31 Å². The Morgan fingerprint density at radius 2 is 1.96 bits per heavy atom. The van der Waals surface area contributed by atoms with Crippen LogP contribution in [0.5, 0.6) is 0 Å². The highest BCUT2D eigenvalue weighted by atomic mass is 32.2. The van der Waals surface area contributed by atoms with Crippen LogP contribution >= 0.6 is 11.3 Å². The Morgan fingerprint density at radius 3 is 2.56 bits per heavy atom. The first-order valence-corrected chi connectivity index (χ1v) is 9.85. The first-order valence-electron chi connectivity index (χ1n) is 7.91. The van der Waals surface area contributed by atoms with Crippen molar-refractivity contribution in [1.29, 1.82) is 0 Å². The fourth-order valence-electron chi connectivity index (χ4n) is 2.72. The van der Waals surface area contributed by atoms with Crippen LogP contribution in [0, 0.1) is 0 Å². The number of piperidine rings is 1. The maximum atomic E-state index is 13.4. The monoisotopic (exact) mass is 420 g/mol. The third-order valence-electron chi connectivity index (χ3n) is 3.88. The van der Waals surface area contributed by atoms with Gasteiger partial charge in [-0.05, 0) is 37.5 Å². The maximum Gasteiger partial charge on any atom is 0.498 e. The molecule has 146 valence electrons. The van der Waals surface area contributed by atoms with Crippen LogP contribution in [-0.4, -0.2) is 38.3 Å². The number of alkyl halides is 3. The number of azo groups is 1. The zero-order valence-corrected chi connectivity index (χ0v) is 15.5. The molecule has 27 heavy (non-hydrogen) atoms. The lowest BCUT2D eigenvalue weighted by Crippen LogP contribution is -2.39. The predicted octanol–water partition coefficient (Wildman–Crippen LogP) is 4.41. The van der Waals surface area contributed by atoms with Gasteiger partial charge in [0.2, 0.25) is 0 Å². The number of hydrogen-bond donors (Lipinski definition) is 1. The fourth-order valence-corrected chi connectivity index (χ4v) is 3.59. The molecule has 8 nitrogen and oxygen atoms in total. The molecule has 1 aromatic heterocycles. The zero-order valence-electron chi connectivity index (χ0n) is 13.8. The van der Waals surface area contributed by atoms with E-state index < -0.39 is 27.6 Å². The van der Waals surface area contributed by atoms with Gasteiger partial charge in [0, 0.05) is 18.8 Å². The van der Waals surface area contributed by atoms with Gasteiger partial charge in [-0.15, -0.1) is 33.6 Å². The zero-order chi connectivity index (χ0) is 19.4. The van der Waals surface area contributed by atoms with E-state index in [1.807, 2.05) is 4.90 Å². The third kappa shape index (κ3) is 4.78. The van der Waals surface area contributed by atoms with Gasteiger partial charge in [-0.3, -0.25) is 4.55 Å². The molecule has 3 rings (SSSR count). The van der Waals surface area contributed by atoms with Crippen molar-refractivity contribution >= 4 is 44.8 Å². The van der Waals surface area contributed by atoms with Gasteiger partial charge in [0.1, 0.15) is 11.2 Å². The molecule has 0 radical (unpaired) electrons. The van der Waals surface area contributed by atoms with E-state index in [4.69, 9.17) is 0 Å². The van der Waals surface area contributed by atoms with E-state index in [1.54, 1.807) is 6.07 Å². The Hall–Kier alpha value is -2.12. The van der Waals surface area contributed by atoms with Crippen molar-refractivity contribution in [3.8, 4) is 0 Å². The average molecular weight is 420 g/mol. The van der Waals surface area contributed by atoms with E-state index in [0.29, 0.717) is 18.8 Å². The van der Waals surface area contributed by atoms with Crippen molar-refractivity contribution in [3.63, 3.8) is 0 Å². The molecule has 13 heteroatoms. The second kappa shape index (κ2) is 8.27. The van der Waals surface area contributed by atoms with Crippen molar-refractivity contribution in [1.82, 2.24) is 10.2 Å². The van der Waals surface area contributed by atoms with Crippen LogP contribution < -0.4 is 9.21 Å². The van der Waals surface area contributed by atoms with Crippen LogP contribution in [0.25, 0.3) is 0 Å². The molecule has 0 aliphatic carbocycles. The summed E-state index contributed by atoms with van der Waals surface area (Å²) in [6.07, 6.45) is -2.15. The first-order chi connectivity index (χ1) is 12.9. The standard InChI is InChI=1S/C14H15F3N6O2S2/c15-14(16,17)23(27(24)25)12-8-10(22-6-2-1-3-7-22)4-5-11(12)19-21-13-20-18-9-26-13/h4-5,8-9H,1-3,6-7H2,(H,24,25). The molecule has 0 bridgehead atoms. The van der Waals surface area contributed by atoms with Gasteiger partial charge in [-0.25, -0.2) is 4.21 Å². The Bertz CT molecular complexity index is 825. The molecule has 1 saturated heterocycles. The second-order valence-electron chi connectivity index (χ2n) is 5.63. The number of aromatic nitrogens is 2. The third-order valence-corrected chi connectivity index (χ3v) is 5.17. The highest BCUT2D eigenvalue weighted by molar-refractivity contribution is 7.80. The molecule has 2 aromatic rings. The molecule has 1 atom stereocenters. The molecule has 1 aliphatic heterocycles. The van der Waals surface area contributed by atoms with E-state index >= 15 is 0 Å². The predicted molar refractivity (Wildman–Crippen MR) is 95.9 cm³/mol. The lowest BCUT2D eigenvalue weighted by molar-refractivity contribution is -0.115. The van der Waals surface area contributed by atoms with Gasteiger partial charge in [0.05, 0.1) is 5.69 Å². The summed E-state index contributed by atoms with van der Waals surface area (Å²) in [6.45, 7) is 1.42. The second-order valence-corrected chi connectivity index (χ2v) is 7.27. The van der Waals surface area contributed by atoms with Crippen LogP contribution in [0.15, 0.2) is 33.9 Å². The number of benzene rings is 1. The highest BCUT2D eigenvalue weighted by Crippen LogP contribution is 2.40. The molecule has 1 unspecified atom stereocenters. The van der Waals surface area contributed by atoms with Crippen molar-refractivity contribution in [2.75, 3.05) is 22.3 Å². The quantitative estimate of drug-likeness (QED) is 0.439. The summed E-state index contributed by atoms with van der Waals surface area (Å²) < 4.78 is 60.3. The summed E-state index contributed by atoms with van der Waals surface area (Å²) in [6, 6.07) is 4.18. The summed E-state index contributed by atoms with van der Waals surface area (Å²) in [4.78, 5) is 1.94. The van der Waals surface area contributed by atoms with Crippen molar-refractivity contribution < 1.29 is 21.9 Å². The number of rotatable bonds is 5. The minimum atomic E-state index is -5.08. The number of hydrogen-bond acceptors (Lipinski definition) is 7. The smallest absolute Gasteiger partial charge is 0.371 e. The summed E-state index contributed by atoms with van der Waals surface area (Å²) >= 11 is -2.27. The highest BCUT2D eigenvalue weighted by Gasteiger charge is 2.43. The Labute approximate surface area is 159 Å². The topological polar surface area (TPSA) is 94.3 Å². The molecule has 1 N–H and O–H groups in total. The van der Waals surface area contributed by atoms with Gasteiger partial charge < -0.3 is 4.90 Å². The fraction of sp³-hybridized carbons (Fsp3) is 0.429. The molecule has 0 spiro atoms. The van der Waals surface area contributed by atoms with Crippen molar-refractivity contribution in [2.24, 2.45) is 10.2 Å². The summed E-state index contributed by atoms with van der Waals surface area (Å²) in [5.74, 6) is 0.